The third-order valence-corrected chi connectivity index (χ3v) is 5.53. The van der Waals surface area contributed by atoms with E-state index in [1.54, 1.807) is 38.3 Å². The van der Waals surface area contributed by atoms with E-state index in [1.165, 1.54) is 17.1 Å². The average molecular weight is 435 g/mol. The van der Waals surface area contributed by atoms with Crippen LogP contribution < -0.4 is 10.5 Å². The van der Waals surface area contributed by atoms with Gasteiger partial charge in [-0.15, -0.1) is 0 Å². The maximum Gasteiger partial charge on any atom is 0.239 e. The van der Waals surface area contributed by atoms with Crippen molar-refractivity contribution in [1.29, 1.82) is 0 Å². The Morgan fingerprint density at radius 3 is 2.62 bits per heavy atom. The van der Waals surface area contributed by atoms with Crippen LogP contribution in [0.2, 0.25) is 0 Å². The Morgan fingerprint density at radius 1 is 1.19 bits per heavy atom. The zero-order valence-electron chi connectivity index (χ0n) is 18.2. The summed E-state index contributed by atoms with van der Waals surface area (Å²) in [5.41, 5.74) is 8.47. The van der Waals surface area contributed by atoms with Gasteiger partial charge in [0.1, 0.15) is 18.1 Å². The number of carbonyl (C=O) groups is 2. The Hall–Kier alpha value is -3.94. The number of aryl methyl sites for hydroxylation is 2. The van der Waals surface area contributed by atoms with Crippen LogP contribution >= 0.6 is 0 Å². The smallest absolute Gasteiger partial charge is 0.239 e. The summed E-state index contributed by atoms with van der Waals surface area (Å²) in [4.78, 5) is 24.9. The van der Waals surface area contributed by atoms with Crippen molar-refractivity contribution in [3.8, 4) is 17.1 Å². The number of primary amides is 1. The number of ketones is 1. The Kier molecular flexibility index (Phi) is 5.30. The van der Waals surface area contributed by atoms with E-state index < -0.39 is 11.7 Å². The molecule has 0 bridgehead atoms. The van der Waals surface area contributed by atoms with E-state index in [0.29, 0.717) is 27.8 Å². The minimum atomic E-state index is -0.565. The number of rotatable bonds is 6. The first-order valence-corrected chi connectivity index (χ1v) is 9.94. The van der Waals surface area contributed by atoms with Crippen LogP contribution in [0.3, 0.4) is 0 Å². The highest BCUT2D eigenvalue weighted by atomic mass is 19.1. The number of carbonyl (C=O) groups excluding carboxylic acids is 2. The van der Waals surface area contributed by atoms with Crippen molar-refractivity contribution in [2.75, 3.05) is 7.11 Å². The lowest BCUT2D eigenvalue weighted by Gasteiger charge is -2.10. The first-order valence-electron chi connectivity index (χ1n) is 9.94. The number of nitrogens with zero attached hydrogens (tertiary/aromatic N) is 2. The van der Waals surface area contributed by atoms with Crippen molar-refractivity contribution in [3.05, 3.63) is 70.3 Å². The summed E-state index contributed by atoms with van der Waals surface area (Å²) in [6.07, 6.45) is 2.98. The molecule has 8 heteroatoms. The molecule has 0 saturated carbocycles. The van der Waals surface area contributed by atoms with Crippen LogP contribution in [0.5, 0.6) is 5.75 Å². The molecule has 2 aromatic heterocycles. The summed E-state index contributed by atoms with van der Waals surface area (Å²) in [6, 6.07) is 6.70. The highest BCUT2D eigenvalue weighted by molar-refractivity contribution is 6.19. The number of furan rings is 1. The molecule has 0 atom stereocenters. The fourth-order valence-corrected chi connectivity index (χ4v) is 3.70. The van der Waals surface area contributed by atoms with Gasteiger partial charge in [0.25, 0.3) is 0 Å². The first-order chi connectivity index (χ1) is 15.2. The van der Waals surface area contributed by atoms with Crippen LogP contribution in [0.25, 0.3) is 22.3 Å². The summed E-state index contributed by atoms with van der Waals surface area (Å²) in [6.45, 7) is 5.29. The number of hydrogen-bond acceptors (Lipinski definition) is 5. The van der Waals surface area contributed by atoms with Crippen molar-refractivity contribution < 1.29 is 23.1 Å². The SMILES string of the molecule is COc1cc(C(=O)c2c(-c3cnn(CC(N)=O)c3)oc3c(F)c(C)ccc23)cc(C)c1C. The van der Waals surface area contributed by atoms with Gasteiger partial charge in [-0.25, -0.2) is 4.39 Å². The van der Waals surface area contributed by atoms with E-state index in [1.807, 2.05) is 13.8 Å². The number of halogens is 1. The maximum absolute atomic E-state index is 14.9. The third-order valence-electron chi connectivity index (χ3n) is 5.53. The second-order valence-electron chi connectivity index (χ2n) is 7.72. The molecule has 164 valence electrons. The van der Waals surface area contributed by atoms with Crippen LogP contribution in [0, 0.1) is 26.6 Å². The number of benzene rings is 2. The van der Waals surface area contributed by atoms with Crippen molar-refractivity contribution >= 4 is 22.7 Å². The number of nitrogens with two attached hydrogens (primary N) is 1. The molecular weight excluding hydrogens is 413 g/mol. The predicted molar refractivity (Wildman–Crippen MR) is 117 cm³/mol. The number of methoxy groups -OCH3 is 1. The zero-order valence-corrected chi connectivity index (χ0v) is 18.2. The van der Waals surface area contributed by atoms with E-state index in [0.717, 1.165) is 11.1 Å². The second-order valence-corrected chi connectivity index (χ2v) is 7.72. The second kappa shape index (κ2) is 7.96. The van der Waals surface area contributed by atoms with Crippen molar-refractivity contribution in [2.24, 2.45) is 5.73 Å². The molecule has 1 amide bonds. The molecule has 0 unspecified atom stereocenters. The molecule has 2 heterocycles. The minimum absolute atomic E-state index is 0.0122. The number of ether oxygens (including phenoxy) is 1. The molecule has 0 radical (unpaired) electrons. The fraction of sp³-hybridized carbons (Fsp3) is 0.208. The van der Waals surface area contributed by atoms with Crippen LogP contribution in [0.4, 0.5) is 4.39 Å². The van der Waals surface area contributed by atoms with Gasteiger partial charge >= 0.3 is 0 Å². The van der Waals surface area contributed by atoms with Gasteiger partial charge in [0.15, 0.2) is 17.2 Å². The van der Waals surface area contributed by atoms with E-state index in [4.69, 9.17) is 14.9 Å². The molecule has 2 aromatic carbocycles. The van der Waals surface area contributed by atoms with Crippen molar-refractivity contribution in [3.63, 3.8) is 0 Å². The van der Waals surface area contributed by atoms with E-state index in [9.17, 15) is 14.0 Å². The normalized spacial score (nSPS) is 11.2. The molecule has 0 saturated heterocycles. The minimum Gasteiger partial charge on any atom is -0.496 e. The summed E-state index contributed by atoms with van der Waals surface area (Å²) >= 11 is 0. The summed E-state index contributed by atoms with van der Waals surface area (Å²) in [5, 5.41) is 4.45. The van der Waals surface area contributed by atoms with E-state index in [2.05, 4.69) is 5.10 Å². The lowest BCUT2D eigenvalue weighted by atomic mass is 9.95. The highest BCUT2D eigenvalue weighted by Crippen LogP contribution is 2.38. The highest BCUT2D eigenvalue weighted by Gasteiger charge is 2.27. The Labute approximate surface area is 183 Å². The number of amides is 1. The van der Waals surface area contributed by atoms with Gasteiger partial charge in [-0.1, -0.05) is 6.07 Å². The molecule has 0 aliphatic rings. The third kappa shape index (κ3) is 3.53. The molecule has 4 rings (SSSR count). The van der Waals surface area contributed by atoms with Crippen LogP contribution in [-0.4, -0.2) is 28.6 Å². The Balaban J connectivity index is 1.95. The Bertz CT molecular complexity index is 1380. The molecular formula is C24H22FN3O4. The molecule has 0 aliphatic heterocycles. The number of fused-ring (bicyclic) bond motifs is 1. The molecule has 0 spiro atoms. The first kappa shape index (κ1) is 21.3. The maximum atomic E-state index is 14.9. The zero-order chi connectivity index (χ0) is 23.2. The van der Waals surface area contributed by atoms with Gasteiger partial charge in [-0.05, 0) is 55.7 Å². The average Bonchev–Trinajstić information content (AvgIpc) is 3.36. The number of aromatic nitrogens is 2. The fourth-order valence-electron chi connectivity index (χ4n) is 3.70. The molecule has 32 heavy (non-hydrogen) atoms. The van der Waals surface area contributed by atoms with Crippen LogP contribution in [0.15, 0.2) is 41.1 Å². The molecule has 7 nitrogen and oxygen atoms in total. The lowest BCUT2D eigenvalue weighted by molar-refractivity contribution is -0.118. The molecule has 0 fully saturated rings. The van der Waals surface area contributed by atoms with Gasteiger partial charge in [0, 0.05) is 17.1 Å². The Morgan fingerprint density at radius 2 is 1.94 bits per heavy atom. The topological polar surface area (TPSA) is 100 Å². The van der Waals surface area contributed by atoms with Crippen molar-refractivity contribution in [2.45, 2.75) is 27.3 Å². The quantitative estimate of drug-likeness (QED) is 0.460. The van der Waals surface area contributed by atoms with Gasteiger partial charge in [0.05, 0.1) is 24.4 Å². The molecule has 4 aromatic rings. The van der Waals surface area contributed by atoms with Gasteiger partial charge in [0.2, 0.25) is 5.91 Å². The van der Waals surface area contributed by atoms with Gasteiger partial charge < -0.3 is 14.9 Å². The standard InChI is InChI=1S/C24H22FN3O4/c1-12-5-6-17-20(22(30)15-7-13(2)14(3)18(8-15)31-4)23(32-24(17)21(12)25)16-9-27-28(10-16)11-19(26)29/h5-10H,11H2,1-4H3,(H2,26,29). The summed E-state index contributed by atoms with van der Waals surface area (Å²) in [5.74, 6) is -0.693. The predicted octanol–water partition coefficient (Wildman–Crippen LogP) is 4.09. The summed E-state index contributed by atoms with van der Waals surface area (Å²) < 4.78 is 27.5. The van der Waals surface area contributed by atoms with Gasteiger partial charge in [-0.2, -0.15) is 5.10 Å². The summed E-state index contributed by atoms with van der Waals surface area (Å²) in [7, 11) is 1.54. The monoisotopic (exact) mass is 435 g/mol. The van der Waals surface area contributed by atoms with Crippen molar-refractivity contribution in [1.82, 2.24) is 9.78 Å². The van der Waals surface area contributed by atoms with Gasteiger partial charge in [-0.3, -0.25) is 14.3 Å². The molecule has 0 aliphatic carbocycles. The largest absolute Gasteiger partial charge is 0.496 e. The van der Waals surface area contributed by atoms with Crippen LogP contribution in [0.1, 0.15) is 32.6 Å². The van der Waals surface area contributed by atoms with E-state index >= 15 is 0 Å². The lowest BCUT2D eigenvalue weighted by Crippen LogP contribution is -2.18. The number of hydrogen-bond donors (Lipinski definition) is 1. The van der Waals surface area contributed by atoms with Crippen LogP contribution in [-0.2, 0) is 11.3 Å². The van der Waals surface area contributed by atoms with E-state index in [-0.39, 0.29) is 29.2 Å². The molecule has 2 N–H and O–H groups in total.